The van der Waals surface area contributed by atoms with Crippen LogP contribution >= 0.6 is 7.60 Å². The lowest BCUT2D eigenvalue weighted by Gasteiger charge is -2.23. The van der Waals surface area contributed by atoms with E-state index in [1.54, 1.807) is 0 Å². The van der Waals surface area contributed by atoms with Gasteiger partial charge in [0.2, 0.25) is 5.91 Å². The molecule has 0 heterocycles. The van der Waals surface area contributed by atoms with Gasteiger partial charge in [-0.15, -0.1) is 0 Å². The number of hydrogen-bond acceptors (Lipinski definition) is 7. The molecule has 0 aromatic heterocycles. The quantitative estimate of drug-likeness (QED) is 0.0725. The zero-order chi connectivity index (χ0) is 34.2. The van der Waals surface area contributed by atoms with E-state index in [0.717, 1.165) is 33.4 Å². The predicted molar refractivity (Wildman–Crippen MR) is 191 cm³/mol. The summed E-state index contributed by atoms with van der Waals surface area (Å²) in [6.45, 7) is 0.414. The lowest BCUT2D eigenvalue weighted by Crippen LogP contribution is -2.46. The van der Waals surface area contributed by atoms with E-state index in [-0.39, 0.29) is 45.0 Å². The number of rotatable bonds is 18. The van der Waals surface area contributed by atoms with E-state index >= 15 is 0 Å². The predicted octanol–water partition coefficient (Wildman–Crippen LogP) is 7.69. The SMILES string of the molecule is O=C(CCNC(=O)[C@H](Cc1ccc(-c2ccccc2)cc1)NCP(=O)(OCc1ccccc1)OCc1ccccc1)OCc1ccccc1. The maximum absolute atomic E-state index is 14.1. The van der Waals surface area contributed by atoms with Crippen LogP contribution in [0.1, 0.15) is 28.7 Å². The summed E-state index contributed by atoms with van der Waals surface area (Å²) in [5.74, 6) is -0.765. The number of nitrogens with one attached hydrogen (secondary N) is 2. The largest absolute Gasteiger partial charge is 0.461 e. The summed E-state index contributed by atoms with van der Waals surface area (Å²) >= 11 is 0. The zero-order valence-corrected chi connectivity index (χ0v) is 28.2. The van der Waals surface area contributed by atoms with Crippen molar-refractivity contribution in [2.75, 3.05) is 12.8 Å². The highest BCUT2D eigenvalue weighted by Crippen LogP contribution is 2.48. The van der Waals surface area contributed by atoms with Crippen molar-refractivity contribution in [1.82, 2.24) is 10.6 Å². The molecule has 5 rings (SSSR count). The fraction of sp³-hybridized carbons (Fsp3) is 0.200. The van der Waals surface area contributed by atoms with Crippen molar-refractivity contribution in [3.05, 3.63) is 168 Å². The fourth-order valence-electron chi connectivity index (χ4n) is 5.02. The molecule has 0 saturated carbocycles. The molecule has 49 heavy (non-hydrogen) atoms. The number of ether oxygens (including phenoxy) is 1. The van der Waals surface area contributed by atoms with Gasteiger partial charge in [-0.1, -0.05) is 146 Å². The first-order chi connectivity index (χ1) is 24.0. The first-order valence-electron chi connectivity index (χ1n) is 16.3. The van der Waals surface area contributed by atoms with Crippen molar-refractivity contribution in [2.45, 2.75) is 38.7 Å². The Balaban J connectivity index is 1.25. The second kappa shape index (κ2) is 18.6. The van der Waals surface area contributed by atoms with Crippen molar-refractivity contribution in [3.63, 3.8) is 0 Å². The van der Waals surface area contributed by atoms with Gasteiger partial charge < -0.3 is 19.1 Å². The maximum atomic E-state index is 14.1. The van der Waals surface area contributed by atoms with Crippen LogP contribution in [0, 0.1) is 0 Å². The maximum Gasteiger partial charge on any atom is 0.344 e. The highest BCUT2D eigenvalue weighted by Gasteiger charge is 2.29. The Hall–Kier alpha value is -4.85. The number of hydrogen-bond donors (Lipinski definition) is 2. The number of carbonyl (C=O) groups excluding carboxylic acids is 2. The summed E-state index contributed by atoms with van der Waals surface area (Å²) in [5.41, 5.74) is 5.62. The van der Waals surface area contributed by atoms with Crippen molar-refractivity contribution >= 4 is 19.5 Å². The molecule has 8 nitrogen and oxygen atoms in total. The molecule has 0 aliphatic rings. The lowest BCUT2D eigenvalue weighted by atomic mass is 10.0. The zero-order valence-electron chi connectivity index (χ0n) is 27.3. The van der Waals surface area contributed by atoms with Crippen LogP contribution in [0.15, 0.2) is 146 Å². The Labute approximate surface area is 288 Å². The van der Waals surface area contributed by atoms with Gasteiger partial charge in [0.15, 0.2) is 0 Å². The van der Waals surface area contributed by atoms with E-state index < -0.39 is 19.6 Å². The molecule has 0 bridgehead atoms. The van der Waals surface area contributed by atoms with Crippen LogP contribution in [0.5, 0.6) is 0 Å². The third kappa shape index (κ3) is 12.0. The molecule has 0 aliphatic carbocycles. The van der Waals surface area contributed by atoms with Crippen molar-refractivity contribution in [3.8, 4) is 11.1 Å². The summed E-state index contributed by atoms with van der Waals surface area (Å²) in [6.07, 6.45) is 0.110. The molecule has 1 atom stereocenters. The first kappa shape index (κ1) is 35.5. The van der Waals surface area contributed by atoms with Gasteiger partial charge in [0, 0.05) is 6.54 Å². The number of carbonyl (C=O) groups is 2. The highest BCUT2D eigenvalue weighted by molar-refractivity contribution is 7.53. The van der Waals surface area contributed by atoms with Gasteiger partial charge in [-0.2, -0.15) is 0 Å². The van der Waals surface area contributed by atoms with Crippen LogP contribution in [0.2, 0.25) is 0 Å². The molecule has 2 N–H and O–H groups in total. The molecule has 5 aromatic carbocycles. The summed E-state index contributed by atoms with van der Waals surface area (Å²) in [5, 5.41) is 6.02. The van der Waals surface area contributed by atoms with Crippen LogP contribution in [-0.4, -0.2) is 30.7 Å². The average molecular weight is 677 g/mol. The molecule has 252 valence electrons. The van der Waals surface area contributed by atoms with Gasteiger partial charge >= 0.3 is 13.6 Å². The molecule has 0 spiro atoms. The third-order valence-electron chi connectivity index (χ3n) is 7.76. The second-order valence-corrected chi connectivity index (χ2v) is 13.6. The Morgan fingerprint density at radius 2 is 1.04 bits per heavy atom. The highest BCUT2D eigenvalue weighted by atomic mass is 31.2. The van der Waals surface area contributed by atoms with E-state index in [1.807, 2.05) is 146 Å². The molecule has 0 unspecified atom stereocenters. The Morgan fingerprint density at radius 3 is 1.57 bits per heavy atom. The fourth-order valence-corrected chi connectivity index (χ4v) is 6.42. The van der Waals surface area contributed by atoms with Gasteiger partial charge in [0.05, 0.1) is 32.0 Å². The third-order valence-corrected chi connectivity index (χ3v) is 9.38. The van der Waals surface area contributed by atoms with Gasteiger partial charge in [0.25, 0.3) is 0 Å². The number of amides is 1. The van der Waals surface area contributed by atoms with Gasteiger partial charge in [-0.25, -0.2) is 0 Å². The molecule has 0 saturated heterocycles. The van der Waals surface area contributed by atoms with E-state index in [9.17, 15) is 14.2 Å². The minimum absolute atomic E-state index is 0.00985. The molecule has 0 fully saturated rings. The molecular formula is C40H41N2O6P. The summed E-state index contributed by atoms with van der Waals surface area (Å²) in [6, 6.07) is 45.5. The summed E-state index contributed by atoms with van der Waals surface area (Å²) in [7, 11) is -3.74. The van der Waals surface area contributed by atoms with Crippen molar-refractivity contribution < 1.29 is 27.9 Å². The topological polar surface area (TPSA) is 103 Å². The summed E-state index contributed by atoms with van der Waals surface area (Å²) in [4.78, 5) is 26.0. The lowest BCUT2D eigenvalue weighted by molar-refractivity contribution is -0.144. The minimum atomic E-state index is -3.74. The van der Waals surface area contributed by atoms with Gasteiger partial charge in [0.1, 0.15) is 6.61 Å². The standard InChI is InChI=1S/C40H41N2O6P/c43-39(46-28-33-13-5-1-6-14-33)25-26-41-40(44)38(27-32-21-23-37(24-22-32)36-19-11-4-12-20-36)42-31-49(45,47-29-34-15-7-2-8-16-34)48-30-35-17-9-3-10-18-35/h1-24,38,42H,25-31H2,(H,41,44)/t38-/m0/s1. The monoisotopic (exact) mass is 676 g/mol. The van der Waals surface area contributed by atoms with Gasteiger partial charge in [-0.05, 0) is 39.8 Å². The van der Waals surface area contributed by atoms with Crippen LogP contribution in [0.25, 0.3) is 11.1 Å². The van der Waals surface area contributed by atoms with Gasteiger partial charge in [-0.3, -0.25) is 19.5 Å². The average Bonchev–Trinajstić information content (AvgIpc) is 3.16. The normalized spacial score (nSPS) is 11.8. The minimum Gasteiger partial charge on any atom is -0.461 e. The van der Waals surface area contributed by atoms with Crippen LogP contribution in [0.3, 0.4) is 0 Å². The Kier molecular flexibility index (Phi) is 13.5. The van der Waals surface area contributed by atoms with E-state index in [0.29, 0.717) is 6.42 Å². The Morgan fingerprint density at radius 1 is 0.571 bits per heavy atom. The van der Waals surface area contributed by atoms with Crippen molar-refractivity contribution in [1.29, 1.82) is 0 Å². The smallest absolute Gasteiger partial charge is 0.344 e. The Bertz CT molecular complexity index is 1720. The second-order valence-electron chi connectivity index (χ2n) is 11.5. The number of esters is 1. The molecule has 0 radical (unpaired) electrons. The molecule has 5 aromatic rings. The molecular weight excluding hydrogens is 635 g/mol. The van der Waals surface area contributed by atoms with Crippen LogP contribution in [-0.2, 0) is 54.2 Å². The van der Waals surface area contributed by atoms with E-state index in [2.05, 4.69) is 10.6 Å². The van der Waals surface area contributed by atoms with Crippen LogP contribution in [0.4, 0.5) is 0 Å². The van der Waals surface area contributed by atoms with Crippen molar-refractivity contribution in [2.24, 2.45) is 0 Å². The molecule has 1 amide bonds. The molecule has 9 heteroatoms. The van der Waals surface area contributed by atoms with E-state index in [1.165, 1.54) is 0 Å². The summed E-state index contributed by atoms with van der Waals surface area (Å²) < 4.78 is 31.4. The van der Waals surface area contributed by atoms with Crippen LogP contribution < -0.4 is 10.6 Å². The number of benzene rings is 5. The molecule has 0 aliphatic heterocycles. The van der Waals surface area contributed by atoms with E-state index in [4.69, 9.17) is 13.8 Å². The first-order valence-corrected chi connectivity index (χ1v) is 18.0.